The van der Waals surface area contributed by atoms with Crippen LogP contribution in [0.4, 0.5) is 5.13 Å². The molecule has 0 spiro atoms. The number of carbonyl (C=O) groups is 1. The monoisotopic (exact) mass is 342 g/mol. The maximum absolute atomic E-state index is 11.8. The molecule has 0 atom stereocenters. The first kappa shape index (κ1) is 15.6. The van der Waals surface area contributed by atoms with Crippen molar-refractivity contribution in [3.63, 3.8) is 0 Å². The fraction of sp³-hybridized carbons (Fsp3) is 0.125. The van der Waals surface area contributed by atoms with Crippen LogP contribution < -0.4 is 5.32 Å². The summed E-state index contributed by atoms with van der Waals surface area (Å²) in [7, 11) is 0. The van der Waals surface area contributed by atoms with E-state index in [4.69, 9.17) is 0 Å². The van der Waals surface area contributed by atoms with Gasteiger partial charge in [-0.25, -0.2) is 15.0 Å². The van der Waals surface area contributed by atoms with Crippen LogP contribution in [-0.2, 0) is 4.79 Å². The van der Waals surface area contributed by atoms with Gasteiger partial charge in [-0.3, -0.25) is 4.79 Å². The third-order valence-corrected chi connectivity index (χ3v) is 4.59. The summed E-state index contributed by atoms with van der Waals surface area (Å²) < 4.78 is 0. The van der Waals surface area contributed by atoms with Gasteiger partial charge in [0.25, 0.3) is 0 Å². The van der Waals surface area contributed by atoms with Gasteiger partial charge in [-0.2, -0.15) is 0 Å². The minimum Gasteiger partial charge on any atom is -0.302 e. The molecule has 0 aliphatic heterocycles. The van der Waals surface area contributed by atoms with Gasteiger partial charge in [-0.15, -0.1) is 23.1 Å². The van der Waals surface area contributed by atoms with Gasteiger partial charge in [-0.05, 0) is 6.07 Å². The lowest BCUT2D eigenvalue weighted by Gasteiger charge is -2.04. The lowest BCUT2D eigenvalue weighted by Crippen LogP contribution is -2.11. The van der Waals surface area contributed by atoms with E-state index in [2.05, 4.69) is 20.3 Å². The molecule has 0 unspecified atom stereocenters. The van der Waals surface area contributed by atoms with Crippen LogP contribution >= 0.6 is 23.1 Å². The van der Waals surface area contributed by atoms with Crippen molar-refractivity contribution in [2.24, 2.45) is 0 Å². The summed E-state index contributed by atoms with van der Waals surface area (Å²) in [5.41, 5.74) is 1.94. The van der Waals surface area contributed by atoms with Crippen LogP contribution in [0.25, 0.3) is 11.3 Å². The van der Waals surface area contributed by atoms with Gasteiger partial charge in [0.05, 0.1) is 10.7 Å². The highest BCUT2D eigenvalue weighted by atomic mass is 32.2. The molecule has 1 amide bonds. The van der Waals surface area contributed by atoms with Crippen LogP contribution in [0.3, 0.4) is 0 Å². The zero-order valence-corrected chi connectivity index (χ0v) is 13.8. The Bertz CT molecular complexity index is 763. The van der Waals surface area contributed by atoms with Gasteiger partial charge < -0.3 is 5.32 Å². The van der Waals surface area contributed by atoms with Crippen molar-refractivity contribution in [2.45, 2.75) is 11.4 Å². The maximum atomic E-state index is 11.8. The topological polar surface area (TPSA) is 67.8 Å². The smallest absolute Gasteiger partial charge is 0.226 e. The van der Waals surface area contributed by atoms with Crippen molar-refractivity contribution in [1.29, 1.82) is 0 Å². The number of anilines is 1. The molecule has 1 N–H and O–H groups in total. The summed E-state index contributed by atoms with van der Waals surface area (Å²) >= 11 is 2.95. The predicted octanol–water partition coefficient (Wildman–Crippen LogP) is 3.72. The van der Waals surface area contributed by atoms with E-state index in [0.29, 0.717) is 17.3 Å². The zero-order valence-electron chi connectivity index (χ0n) is 12.2. The predicted molar refractivity (Wildman–Crippen MR) is 93.6 cm³/mol. The number of rotatable bonds is 6. The third-order valence-electron chi connectivity index (χ3n) is 2.97. The van der Waals surface area contributed by atoms with Gasteiger partial charge in [0.2, 0.25) is 5.91 Å². The Morgan fingerprint density at radius 3 is 2.83 bits per heavy atom. The van der Waals surface area contributed by atoms with Crippen LogP contribution in [0.15, 0.2) is 59.3 Å². The molecule has 0 bridgehead atoms. The molecule has 7 heteroatoms. The summed E-state index contributed by atoms with van der Waals surface area (Å²) in [6.07, 6.45) is 3.64. The molecule has 23 heavy (non-hydrogen) atoms. The number of nitrogens with one attached hydrogen (secondary N) is 1. The summed E-state index contributed by atoms with van der Waals surface area (Å²) in [5, 5.41) is 6.09. The van der Waals surface area contributed by atoms with Gasteiger partial charge in [0.1, 0.15) is 6.33 Å². The quantitative estimate of drug-likeness (QED) is 0.546. The fourth-order valence-corrected chi connectivity index (χ4v) is 3.26. The molecule has 2 aromatic heterocycles. The molecule has 3 rings (SSSR count). The first-order valence-electron chi connectivity index (χ1n) is 7.01. The highest BCUT2D eigenvalue weighted by Gasteiger charge is 2.06. The summed E-state index contributed by atoms with van der Waals surface area (Å²) in [5.74, 6) is 0.618. The Morgan fingerprint density at radius 2 is 2.04 bits per heavy atom. The Hall–Kier alpha value is -2.25. The normalized spacial score (nSPS) is 10.4. The van der Waals surface area contributed by atoms with E-state index in [1.165, 1.54) is 11.3 Å². The maximum Gasteiger partial charge on any atom is 0.226 e. The number of aromatic nitrogens is 3. The number of carbonyl (C=O) groups excluding carboxylic acids is 1. The molecule has 3 aromatic rings. The second-order valence-electron chi connectivity index (χ2n) is 4.59. The van der Waals surface area contributed by atoms with Gasteiger partial charge in [0.15, 0.2) is 5.13 Å². The SMILES string of the molecule is O=C(CCSc1cc(-c2ccccc2)ncn1)Nc1nccs1. The first-order valence-corrected chi connectivity index (χ1v) is 8.87. The van der Waals surface area contributed by atoms with E-state index in [1.807, 2.05) is 41.8 Å². The van der Waals surface area contributed by atoms with E-state index in [-0.39, 0.29) is 5.91 Å². The lowest BCUT2D eigenvalue weighted by molar-refractivity contribution is -0.115. The molecule has 0 radical (unpaired) electrons. The largest absolute Gasteiger partial charge is 0.302 e. The van der Waals surface area contributed by atoms with Crippen LogP contribution in [0.5, 0.6) is 0 Å². The van der Waals surface area contributed by atoms with E-state index < -0.39 is 0 Å². The molecular formula is C16H14N4OS2. The molecule has 5 nitrogen and oxygen atoms in total. The Balaban J connectivity index is 1.53. The standard InChI is InChI=1S/C16H14N4OS2/c21-14(20-16-17-7-9-23-16)6-8-22-15-10-13(18-11-19-15)12-4-2-1-3-5-12/h1-5,7,9-11H,6,8H2,(H,17,20,21). The fourth-order valence-electron chi connectivity index (χ4n) is 1.90. The van der Waals surface area contributed by atoms with E-state index >= 15 is 0 Å². The number of thiazole rings is 1. The minimum absolute atomic E-state index is 0.0372. The summed E-state index contributed by atoms with van der Waals surface area (Å²) in [4.78, 5) is 24.4. The van der Waals surface area contributed by atoms with Crippen molar-refractivity contribution in [3.8, 4) is 11.3 Å². The highest BCUT2D eigenvalue weighted by Crippen LogP contribution is 2.22. The third kappa shape index (κ3) is 4.61. The van der Waals surface area contributed by atoms with Crippen molar-refractivity contribution in [3.05, 3.63) is 54.3 Å². The number of hydrogen-bond acceptors (Lipinski definition) is 6. The van der Waals surface area contributed by atoms with Crippen LogP contribution in [0.1, 0.15) is 6.42 Å². The Labute approximate surface area is 142 Å². The molecular weight excluding hydrogens is 328 g/mol. The molecule has 0 fully saturated rings. The molecule has 0 saturated heterocycles. The van der Waals surface area contributed by atoms with Crippen molar-refractivity contribution >= 4 is 34.1 Å². The van der Waals surface area contributed by atoms with E-state index in [1.54, 1.807) is 24.3 Å². The van der Waals surface area contributed by atoms with Crippen molar-refractivity contribution in [2.75, 3.05) is 11.1 Å². The van der Waals surface area contributed by atoms with E-state index in [9.17, 15) is 4.79 Å². The number of amides is 1. The minimum atomic E-state index is -0.0372. The van der Waals surface area contributed by atoms with Crippen LogP contribution in [0.2, 0.25) is 0 Å². The van der Waals surface area contributed by atoms with Gasteiger partial charge >= 0.3 is 0 Å². The van der Waals surface area contributed by atoms with Gasteiger partial charge in [0, 0.05) is 29.3 Å². The highest BCUT2D eigenvalue weighted by molar-refractivity contribution is 7.99. The number of thioether (sulfide) groups is 1. The average molecular weight is 342 g/mol. The number of nitrogens with zero attached hydrogens (tertiary/aromatic N) is 3. The molecule has 0 saturated carbocycles. The molecule has 116 valence electrons. The second-order valence-corrected chi connectivity index (χ2v) is 6.60. The Morgan fingerprint density at radius 1 is 1.17 bits per heavy atom. The summed E-state index contributed by atoms with van der Waals surface area (Å²) in [6.45, 7) is 0. The molecule has 0 aliphatic rings. The van der Waals surface area contributed by atoms with Crippen LogP contribution in [0, 0.1) is 0 Å². The van der Waals surface area contributed by atoms with Gasteiger partial charge in [-0.1, -0.05) is 30.3 Å². The molecule has 0 aliphatic carbocycles. The average Bonchev–Trinajstić information content (AvgIpc) is 3.09. The molecule has 1 aromatic carbocycles. The lowest BCUT2D eigenvalue weighted by atomic mass is 10.1. The Kier molecular flexibility index (Phi) is 5.33. The second kappa shape index (κ2) is 7.85. The summed E-state index contributed by atoms with van der Waals surface area (Å²) in [6, 6.07) is 11.9. The van der Waals surface area contributed by atoms with Crippen molar-refractivity contribution in [1.82, 2.24) is 15.0 Å². The number of benzene rings is 1. The first-order chi connectivity index (χ1) is 11.3. The zero-order chi connectivity index (χ0) is 15.9. The number of hydrogen-bond donors (Lipinski definition) is 1. The van der Waals surface area contributed by atoms with Crippen LogP contribution in [-0.4, -0.2) is 26.6 Å². The van der Waals surface area contributed by atoms with Crippen molar-refractivity contribution < 1.29 is 4.79 Å². The molecule has 2 heterocycles. The van der Waals surface area contributed by atoms with E-state index in [0.717, 1.165) is 16.3 Å².